The van der Waals surface area contributed by atoms with Crippen molar-refractivity contribution in [1.82, 2.24) is 5.32 Å². The van der Waals surface area contributed by atoms with Gasteiger partial charge in [0.05, 0.1) is 0 Å². The molecule has 0 aliphatic carbocycles. The van der Waals surface area contributed by atoms with Gasteiger partial charge in [0.25, 0.3) is 5.91 Å². The molecule has 27 heavy (non-hydrogen) atoms. The third-order valence-electron chi connectivity index (χ3n) is 4.37. The summed E-state index contributed by atoms with van der Waals surface area (Å²) >= 11 is 0. The first-order valence-corrected chi connectivity index (χ1v) is 9.26. The van der Waals surface area contributed by atoms with Crippen molar-refractivity contribution in [1.29, 1.82) is 0 Å². The van der Waals surface area contributed by atoms with Crippen LogP contribution in [0.25, 0.3) is 0 Å². The molecule has 2 N–H and O–H groups in total. The Bertz CT molecular complexity index is 752. The summed E-state index contributed by atoms with van der Waals surface area (Å²) in [7, 11) is 1.63. The summed E-state index contributed by atoms with van der Waals surface area (Å²) in [6.07, 6.45) is 0.505. The highest BCUT2D eigenvalue weighted by molar-refractivity contribution is 5.94. The smallest absolute Gasteiger partial charge is 0.265 e. The topological polar surface area (TPSA) is 67.4 Å². The van der Waals surface area contributed by atoms with Gasteiger partial charge in [-0.25, -0.2) is 0 Å². The van der Waals surface area contributed by atoms with Crippen LogP contribution in [-0.4, -0.2) is 25.0 Å². The SMILES string of the molecule is CNC(=O)CCc1ccc(NC(=O)C(C)Oc2ccc(C(C)C)cc2)cc1. The third kappa shape index (κ3) is 6.44. The molecule has 1 atom stereocenters. The summed E-state index contributed by atoms with van der Waals surface area (Å²) in [5.74, 6) is 0.937. The molecule has 2 aromatic rings. The summed E-state index contributed by atoms with van der Waals surface area (Å²) in [5, 5.41) is 5.46. The molecule has 2 aromatic carbocycles. The van der Waals surface area contributed by atoms with Crippen LogP contribution in [0, 0.1) is 0 Å². The first-order valence-electron chi connectivity index (χ1n) is 9.26. The van der Waals surface area contributed by atoms with E-state index < -0.39 is 6.10 Å². The first-order chi connectivity index (χ1) is 12.9. The van der Waals surface area contributed by atoms with Crippen molar-refractivity contribution in [3.8, 4) is 5.75 Å². The van der Waals surface area contributed by atoms with Gasteiger partial charge in [0.15, 0.2) is 6.10 Å². The van der Waals surface area contributed by atoms with Gasteiger partial charge < -0.3 is 15.4 Å². The Kier molecular flexibility index (Phi) is 7.41. The van der Waals surface area contributed by atoms with Crippen molar-refractivity contribution < 1.29 is 14.3 Å². The summed E-state index contributed by atoms with van der Waals surface area (Å²) < 4.78 is 5.73. The van der Waals surface area contributed by atoms with Crippen LogP contribution in [-0.2, 0) is 16.0 Å². The number of nitrogens with one attached hydrogen (secondary N) is 2. The van der Waals surface area contributed by atoms with E-state index in [2.05, 4.69) is 24.5 Å². The Labute approximate surface area is 161 Å². The highest BCUT2D eigenvalue weighted by Gasteiger charge is 2.15. The van der Waals surface area contributed by atoms with E-state index in [9.17, 15) is 9.59 Å². The molecule has 2 amide bonds. The van der Waals surface area contributed by atoms with E-state index in [0.29, 0.717) is 30.2 Å². The second-order valence-corrected chi connectivity index (χ2v) is 6.84. The predicted molar refractivity (Wildman–Crippen MR) is 108 cm³/mol. The van der Waals surface area contributed by atoms with Crippen LogP contribution in [0.15, 0.2) is 48.5 Å². The lowest BCUT2D eigenvalue weighted by Gasteiger charge is -2.15. The van der Waals surface area contributed by atoms with E-state index in [1.54, 1.807) is 14.0 Å². The Balaban J connectivity index is 1.87. The number of amides is 2. The van der Waals surface area contributed by atoms with Gasteiger partial charge in [0, 0.05) is 19.2 Å². The number of rotatable bonds is 8. The molecule has 5 heteroatoms. The van der Waals surface area contributed by atoms with Crippen LogP contribution in [0.1, 0.15) is 44.2 Å². The normalized spacial score (nSPS) is 11.7. The second-order valence-electron chi connectivity index (χ2n) is 6.84. The minimum atomic E-state index is -0.608. The summed E-state index contributed by atoms with van der Waals surface area (Å²) in [6.45, 7) is 5.99. The highest BCUT2D eigenvalue weighted by Crippen LogP contribution is 2.20. The largest absolute Gasteiger partial charge is 0.481 e. The third-order valence-corrected chi connectivity index (χ3v) is 4.37. The molecule has 0 radical (unpaired) electrons. The van der Waals surface area contributed by atoms with Gasteiger partial charge in [-0.15, -0.1) is 0 Å². The number of anilines is 1. The van der Waals surface area contributed by atoms with E-state index >= 15 is 0 Å². The van der Waals surface area contributed by atoms with Crippen LogP contribution in [0.2, 0.25) is 0 Å². The molecule has 0 aromatic heterocycles. The Hall–Kier alpha value is -2.82. The Morgan fingerprint density at radius 1 is 0.963 bits per heavy atom. The fourth-order valence-electron chi connectivity index (χ4n) is 2.57. The molecule has 0 saturated heterocycles. The number of ether oxygens (including phenoxy) is 1. The van der Waals surface area contributed by atoms with Crippen LogP contribution in [0.4, 0.5) is 5.69 Å². The number of hydrogen-bond acceptors (Lipinski definition) is 3. The van der Waals surface area contributed by atoms with Crippen LogP contribution in [0.5, 0.6) is 5.75 Å². The van der Waals surface area contributed by atoms with E-state index in [-0.39, 0.29) is 11.8 Å². The van der Waals surface area contributed by atoms with Gasteiger partial charge in [-0.1, -0.05) is 38.1 Å². The summed E-state index contributed by atoms with van der Waals surface area (Å²) in [4.78, 5) is 23.6. The van der Waals surface area contributed by atoms with Gasteiger partial charge in [-0.2, -0.15) is 0 Å². The molecule has 0 aliphatic rings. The molecule has 5 nitrogen and oxygen atoms in total. The molecule has 1 unspecified atom stereocenters. The first kappa shape index (κ1) is 20.5. The molecule has 0 heterocycles. The monoisotopic (exact) mass is 368 g/mol. The van der Waals surface area contributed by atoms with Crippen molar-refractivity contribution in [2.75, 3.05) is 12.4 Å². The maximum Gasteiger partial charge on any atom is 0.265 e. The lowest BCUT2D eigenvalue weighted by atomic mass is 10.0. The molecule has 144 valence electrons. The van der Waals surface area contributed by atoms with Crippen molar-refractivity contribution in [3.05, 3.63) is 59.7 Å². The fourth-order valence-corrected chi connectivity index (χ4v) is 2.57. The zero-order valence-electron chi connectivity index (χ0n) is 16.4. The fraction of sp³-hybridized carbons (Fsp3) is 0.364. The van der Waals surface area contributed by atoms with E-state index in [1.807, 2.05) is 48.5 Å². The van der Waals surface area contributed by atoms with E-state index in [4.69, 9.17) is 4.74 Å². The summed E-state index contributed by atoms with van der Waals surface area (Å²) in [5.41, 5.74) is 2.98. The minimum Gasteiger partial charge on any atom is -0.481 e. The zero-order valence-corrected chi connectivity index (χ0v) is 16.4. The highest BCUT2D eigenvalue weighted by atomic mass is 16.5. The standard InChI is InChI=1S/C22H28N2O3/c1-15(2)18-8-12-20(13-9-18)27-16(3)22(26)24-19-10-5-17(6-11-19)7-14-21(25)23-4/h5-6,8-13,15-16H,7,14H2,1-4H3,(H,23,25)(H,24,26). The van der Waals surface area contributed by atoms with Gasteiger partial charge in [-0.05, 0) is 54.7 Å². The van der Waals surface area contributed by atoms with Crippen molar-refractivity contribution in [3.63, 3.8) is 0 Å². The van der Waals surface area contributed by atoms with Crippen LogP contribution < -0.4 is 15.4 Å². The van der Waals surface area contributed by atoms with Crippen LogP contribution in [0.3, 0.4) is 0 Å². The van der Waals surface area contributed by atoms with Gasteiger partial charge in [0.2, 0.25) is 5.91 Å². The molecule has 0 spiro atoms. The van der Waals surface area contributed by atoms with Gasteiger partial charge in [0.1, 0.15) is 5.75 Å². The number of carbonyl (C=O) groups excluding carboxylic acids is 2. The van der Waals surface area contributed by atoms with Gasteiger partial charge >= 0.3 is 0 Å². The summed E-state index contributed by atoms with van der Waals surface area (Å²) in [6, 6.07) is 15.3. The Morgan fingerprint density at radius 3 is 2.15 bits per heavy atom. The maximum absolute atomic E-state index is 12.3. The molecule has 0 bridgehead atoms. The average Bonchev–Trinajstić information content (AvgIpc) is 2.67. The number of benzene rings is 2. The number of aryl methyl sites for hydroxylation is 1. The molecule has 0 saturated carbocycles. The molecular formula is C22H28N2O3. The lowest BCUT2D eigenvalue weighted by Crippen LogP contribution is -2.30. The second kappa shape index (κ2) is 9.76. The molecular weight excluding hydrogens is 340 g/mol. The number of carbonyl (C=O) groups is 2. The maximum atomic E-state index is 12.3. The lowest BCUT2D eigenvalue weighted by molar-refractivity contribution is -0.122. The molecule has 2 rings (SSSR count). The number of hydrogen-bond donors (Lipinski definition) is 2. The zero-order chi connectivity index (χ0) is 19.8. The molecule has 0 fully saturated rings. The quantitative estimate of drug-likeness (QED) is 0.743. The minimum absolute atomic E-state index is 0.0137. The average molecular weight is 368 g/mol. The Morgan fingerprint density at radius 2 is 1.59 bits per heavy atom. The van der Waals surface area contributed by atoms with Crippen LogP contribution >= 0.6 is 0 Å². The van der Waals surface area contributed by atoms with E-state index in [0.717, 1.165) is 5.56 Å². The predicted octanol–water partition coefficient (Wildman–Crippen LogP) is 3.89. The van der Waals surface area contributed by atoms with Crippen molar-refractivity contribution in [2.45, 2.75) is 45.6 Å². The van der Waals surface area contributed by atoms with Crippen molar-refractivity contribution >= 4 is 17.5 Å². The molecule has 0 aliphatic heterocycles. The van der Waals surface area contributed by atoms with E-state index in [1.165, 1.54) is 5.56 Å². The van der Waals surface area contributed by atoms with Gasteiger partial charge in [-0.3, -0.25) is 9.59 Å². The van der Waals surface area contributed by atoms with Crippen molar-refractivity contribution in [2.24, 2.45) is 0 Å².